The van der Waals surface area contributed by atoms with Crippen molar-refractivity contribution >= 4 is 28.9 Å². The molecule has 3 aromatic rings. The van der Waals surface area contributed by atoms with Crippen molar-refractivity contribution in [2.45, 2.75) is 20.0 Å². The van der Waals surface area contributed by atoms with E-state index in [1.54, 1.807) is 25.3 Å². The number of halogens is 3. The first-order valence-electron chi connectivity index (χ1n) is 14.4. The van der Waals surface area contributed by atoms with Gasteiger partial charge in [-0.05, 0) is 61.6 Å². The first-order chi connectivity index (χ1) is 20.6. The Balaban J connectivity index is 1.55. The number of likely N-dealkylation sites (N-methyl/N-ethyl adjacent to an activating group) is 1. The van der Waals surface area contributed by atoms with Crippen molar-refractivity contribution in [3.05, 3.63) is 83.4 Å². The standard InChI is InChI=1S/C32H38F3N5O3/c1-4-38(5-2)16-15-36-31(42)26-22-25(37-30(41)23-9-8-10-24(21-23)32(33,34)35)13-14-27(26)39-17-19-40(20-18-39)28-11-6-7-12-29(28)43-3/h6-14,21-22H,4-5,15-20H2,1-3H3,(H,36,42)(H,37,41). The van der Waals surface area contributed by atoms with Crippen LogP contribution in [-0.4, -0.2) is 76.2 Å². The summed E-state index contributed by atoms with van der Waals surface area (Å²) < 4.78 is 45.1. The maximum Gasteiger partial charge on any atom is 0.416 e. The van der Waals surface area contributed by atoms with Crippen LogP contribution in [0, 0.1) is 0 Å². The quantitative estimate of drug-likeness (QED) is 0.310. The lowest BCUT2D eigenvalue weighted by Crippen LogP contribution is -2.47. The number of alkyl halides is 3. The minimum absolute atomic E-state index is 0.128. The van der Waals surface area contributed by atoms with E-state index in [1.165, 1.54) is 12.1 Å². The Morgan fingerprint density at radius 3 is 2.19 bits per heavy atom. The highest BCUT2D eigenvalue weighted by Crippen LogP contribution is 2.32. The van der Waals surface area contributed by atoms with Crippen LogP contribution < -0.4 is 25.2 Å². The van der Waals surface area contributed by atoms with Crippen molar-refractivity contribution in [3.8, 4) is 5.75 Å². The smallest absolute Gasteiger partial charge is 0.416 e. The lowest BCUT2D eigenvalue weighted by atomic mass is 10.1. The number of piperazine rings is 1. The molecule has 0 aromatic heterocycles. The molecule has 1 aliphatic rings. The fourth-order valence-electron chi connectivity index (χ4n) is 5.15. The Labute approximate surface area is 250 Å². The number of carbonyl (C=O) groups is 2. The highest BCUT2D eigenvalue weighted by Gasteiger charge is 2.31. The number of hydrogen-bond donors (Lipinski definition) is 2. The second-order valence-electron chi connectivity index (χ2n) is 10.2. The molecule has 0 radical (unpaired) electrons. The van der Waals surface area contributed by atoms with Gasteiger partial charge in [-0.15, -0.1) is 0 Å². The van der Waals surface area contributed by atoms with Gasteiger partial charge in [-0.25, -0.2) is 0 Å². The summed E-state index contributed by atoms with van der Waals surface area (Å²) >= 11 is 0. The zero-order chi connectivity index (χ0) is 31.0. The second-order valence-corrected chi connectivity index (χ2v) is 10.2. The molecule has 2 amide bonds. The predicted molar refractivity (Wildman–Crippen MR) is 163 cm³/mol. The maximum atomic E-state index is 13.5. The Morgan fingerprint density at radius 1 is 0.860 bits per heavy atom. The molecule has 3 aromatic carbocycles. The molecule has 0 saturated carbocycles. The molecule has 1 saturated heterocycles. The molecule has 0 spiro atoms. The van der Waals surface area contributed by atoms with Crippen LogP contribution in [0.25, 0.3) is 0 Å². The third kappa shape index (κ3) is 7.98. The molecular formula is C32H38F3N5O3. The van der Waals surface area contributed by atoms with Gasteiger partial charge in [-0.2, -0.15) is 13.2 Å². The first kappa shape index (κ1) is 31.7. The molecule has 0 unspecified atom stereocenters. The van der Waals surface area contributed by atoms with Crippen molar-refractivity contribution in [2.75, 3.05) is 74.6 Å². The van der Waals surface area contributed by atoms with Gasteiger partial charge in [0, 0.05) is 56.2 Å². The lowest BCUT2D eigenvalue weighted by molar-refractivity contribution is -0.137. The minimum Gasteiger partial charge on any atom is -0.495 e. The van der Waals surface area contributed by atoms with Gasteiger partial charge >= 0.3 is 6.18 Å². The molecule has 0 atom stereocenters. The van der Waals surface area contributed by atoms with Crippen LogP contribution in [0.4, 0.5) is 30.2 Å². The minimum atomic E-state index is -4.57. The zero-order valence-corrected chi connectivity index (χ0v) is 24.7. The Kier molecular flexibility index (Phi) is 10.5. The number of rotatable bonds is 11. The number of amides is 2. The highest BCUT2D eigenvalue weighted by molar-refractivity contribution is 6.06. The number of para-hydroxylation sites is 2. The largest absolute Gasteiger partial charge is 0.495 e. The normalized spacial score (nSPS) is 13.7. The monoisotopic (exact) mass is 597 g/mol. The molecule has 8 nitrogen and oxygen atoms in total. The van der Waals surface area contributed by atoms with Crippen LogP contribution in [0.2, 0.25) is 0 Å². The Hall–Kier alpha value is -4.25. The third-order valence-electron chi connectivity index (χ3n) is 7.61. The van der Waals surface area contributed by atoms with Crippen LogP contribution >= 0.6 is 0 Å². The summed E-state index contributed by atoms with van der Waals surface area (Å²) in [5.74, 6) is -0.188. The van der Waals surface area contributed by atoms with E-state index >= 15 is 0 Å². The van der Waals surface area contributed by atoms with Gasteiger partial charge in [0.15, 0.2) is 0 Å². The number of nitrogens with one attached hydrogen (secondary N) is 2. The van der Waals surface area contributed by atoms with Gasteiger partial charge in [0.2, 0.25) is 0 Å². The van der Waals surface area contributed by atoms with E-state index in [4.69, 9.17) is 4.74 Å². The number of nitrogens with zero attached hydrogens (tertiary/aromatic N) is 3. The van der Waals surface area contributed by atoms with Crippen LogP contribution in [0.3, 0.4) is 0 Å². The molecule has 4 rings (SSSR count). The molecule has 230 valence electrons. The first-order valence-corrected chi connectivity index (χ1v) is 14.4. The van der Waals surface area contributed by atoms with Crippen molar-refractivity contribution < 1.29 is 27.5 Å². The fourth-order valence-corrected chi connectivity index (χ4v) is 5.15. The van der Waals surface area contributed by atoms with E-state index < -0.39 is 17.6 Å². The van der Waals surface area contributed by atoms with Gasteiger partial charge in [-0.1, -0.05) is 32.0 Å². The zero-order valence-electron chi connectivity index (χ0n) is 24.7. The van der Waals surface area contributed by atoms with Crippen molar-refractivity contribution in [2.24, 2.45) is 0 Å². The van der Waals surface area contributed by atoms with E-state index in [9.17, 15) is 22.8 Å². The molecule has 43 heavy (non-hydrogen) atoms. The summed E-state index contributed by atoms with van der Waals surface area (Å²) in [7, 11) is 1.65. The summed E-state index contributed by atoms with van der Waals surface area (Å²) in [5.41, 5.74) is 1.39. The molecular weight excluding hydrogens is 559 g/mol. The summed E-state index contributed by atoms with van der Waals surface area (Å²) in [5, 5.41) is 5.65. The summed E-state index contributed by atoms with van der Waals surface area (Å²) in [6.07, 6.45) is -4.57. The van der Waals surface area contributed by atoms with Crippen molar-refractivity contribution in [1.82, 2.24) is 10.2 Å². The predicted octanol–water partition coefficient (Wildman–Crippen LogP) is 5.36. The van der Waals surface area contributed by atoms with Gasteiger partial charge < -0.3 is 30.1 Å². The Morgan fingerprint density at radius 2 is 1.53 bits per heavy atom. The van der Waals surface area contributed by atoms with E-state index in [2.05, 4.69) is 39.2 Å². The SMILES string of the molecule is CCN(CC)CCNC(=O)c1cc(NC(=O)c2cccc(C(F)(F)F)c2)ccc1N1CCN(c2ccccc2OC)CC1. The van der Waals surface area contributed by atoms with Crippen molar-refractivity contribution in [3.63, 3.8) is 0 Å². The molecule has 1 fully saturated rings. The Bertz CT molecular complexity index is 1400. The summed E-state index contributed by atoms with van der Waals surface area (Å²) in [6, 6.07) is 17.1. The van der Waals surface area contributed by atoms with Gasteiger partial charge in [0.05, 0.1) is 23.9 Å². The molecule has 11 heteroatoms. The average Bonchev–Trinajstić information content (AvgIpc) is 3.02. The maximum absolute atomic E-state index is 13.5. The van der Waals surface area contributed by atoms with Crippen LogP contribution in [0.5, 0.6) is 5.75 Å². The second kappa shape index (κ2) is 14.3. The van der Waals surface area contributed by atoms with E-state index in [-0.39, 0.29) is 11.5 Å². The molecule has 0 aliphatic carbocycles. The average molecular weight is 598 g/mol. The summed E-state index contributed by atoms with van der Waals surface area (Å²) in [4.78, 5) is 32.9. The van der Waals surface area contributed by atoms with E-state index in [1.807, 2.05) is 24.3 Å². The van der Waals surface area contributed by atoms with Crippen LogP contribution in [-0.2, 0) is 6.18 Å². The molecule has 1 heterocycles. The van der Waals surface area contributed by atoms with Crippen LogP contribution in [0.1, 0.15) is 40.1 Å². The highest BCUT2D eigenvalue weighted by atomic mass is 19.4. The van der Waals surface area contributed by atoms with Gasteiger partial charge in [0.25, 0.3) is 11.8 Å². The van der Waals surface area contributed by atoms with Gasteiger partial charge in [0.1, 0.15) is 5.75 Å². The molecule has 1 aliphatic heterocycles. The van der Waals surface area contributed by atoms with Crippen molar-refractivity contribution in [1.29, 1.82) is 0 Å². The third-order valence-corrected chi connectivity index (χ3v) is 7.61. The van der Waals surface area contributed by atoms with E-state index in [0.29, 0.717) is 50.5 Å². The number of hydrogen-bond acceptors (Lipinski definition) is 6. The molecule has 0 bridgehead atoms. The fraction of sp³-hybridized carbons (Fsp3) is 0.375. The number of anilines is 3. The summed E-state index contributed by atoms with van der Waals surface area (Å²) in [6.45, 7) is 9.70. The van der Waals surface area contributed by atoms with Crippen LogP contribution in [0.15, 0.2) is 66.7 Å². The van der Waals surface area contributed by atoms with Gasteiger partial charge in [-0.3, -0.25) is 9.59 Å². The topological polar surface area (TPSA) is 77.2 Å². The lowest BCUT2D eigenvalue weighted by Gasteiger charge is -2.38. The number of benzene rings is 3. The number of ether oxygens (including phenoxy) is 1. The van der Waals surface area contributed by atoms with E-state index in [0.717, 1.165) is 42.3 Å². The number of carbonyl (C=O) groups excluding carboxylic acids is 2. The number of methoxy groups -OCH3 is 1. The molecule has 2 N–H and O–H groups in total.